The van der Waals surface area contributed by atoms with E-state index in [-0.39, 0.29) is 0 Å². The zero-order valence-electron chi connectivity index (χ0n) is 8.14. The van der Waals surface area contributed by atoms with Gasteiger partial charge in [0.25, 0.3) is 0 Å². The number of nitrogen functional groups attached to an aromatic ring is 1. The van der Waals surface area contributed by atoms with Gasteiger partial charge in [-0.25, -0.2) is 4.79 Å². The minimum atomic E-state index is -0.439. The Labute approximate surface area is 105 Å². The number of hydrogen-bond donors (Lipinski definition) is 1. The fourth-order valence-corrected chi connectivity index (χ4v) is 2.17. The quantitative estimate of drug-likeness (QED) is 0.683. The molecule has 82 valence electrons. The average molecular weight is 298 g/mol. The van der Waals surface area contributed by atoms with Crippen LogP contribution in [-0.4, -0.2) is 5.97 Å². The third-order valence-electron chi connectivity index (χ3n) is 1.95. The molecule has 2 N–H and O–H groups in total. The molecule has 0 amide bonds. The number of ether oxygens (including phenoxy) is 1. The van der Waals surface area contributed by atoms with Gasteiger partial charge in [0.15, 0.2) is 0 Å². The van der Waals surface area contributed by atoms with E-state index in [1.165, 1.54) is 11.3 Å². The lowest BCUT2D eigenvalue weighted by Crippen LogP contribution is -2.09. The van der Waals surface area contributed by atoms with Crippen LogP contribution in [0.5, 0.6) is 5.75 Å². The number of thiophene rings is 1. The van der Waals surface area contributed by atoms with Gasteiger partial charge in [-0.2, -0.15) is 0 Å². The second-order valence-electron chi connectivity index (χ2n) is 3.02. The summed E-state index contributed by atoms with van der Waals surface area (Å²) in [6.45, 7) is 0. The highest BCUT2D eigenvalue weighted by Crippen LogP contribution is 2.26. The van der Waals surface area contributed by atoms with E-state index < -0.39 is 5.97 Å². The van der Waals surface area contributed by atoms with E-state index in [0.717, 1.165) is 4.47 Å². The van der Waals surface area contributed by atoms with Crippen LogP contribution in [-0.2, 0) is 0 Å². The summed E-state index contributed by atoms with van der Waals surface area (Å²) < 4.78 is 5.94. The first-order chi connectivity index (χ1) is 7.68. The SMILES string of the molecule is Nc1sccc1C(=O)Oc1ccccc1Br. The molecule has 0 aliphatic rings. The summed E-state index contributed by atoms with van der Waals surface area (Å²) in [4.78, 5) is 11.7. The maximum absolute atomic E-state index is 11.7. The molecular formula is C11H8BrNO2S. The zero-order chi connectivity index (χ0) is 11.5. The molecule has 0 unspecified atom stereocenters. The van der Waals surface area contributed by atoms with Crippen LogP contribution in [0, 0.1) is 0 Å². The van der Waals surface area contributed by atoms with Crippen LogP contribution >= 0.6 is 27.3 Å². The predicted molar refractivity (Wildman–Crippen MR) is 67.8 cm³/mol. The lowest BCUT2D eigenvalue weighted by Gasteiger charge is -2.05. The first-order valence-electron chi connectivity index (χ1n) is 4.48. The topological polar surface area (TPSA) is 52.3 Å². The van der Waals surface area contributed by atoms with Gasteiger partial charge in [-0.05, 0) is 39.5 Å². The molecule has 5 heteroatoms. The number of rotatable bonds is 2. The molecule has 0 atom stereocenters. The predicted octanol–water partition coefficient (Wildman–Crippen LogP) is 3.31. The van der Waals surface area contributed by atoms with Gasteiger partial charge >= 0.3 is 5.97 Å². The van der Waals surface area contributed by atoms with Gasteiger partial charge in [0.1, 0.15) is 10.8 Å². The summed E-state index contributed by atoms with van der Waals surface area (Å²) in [7, 11) is 0. The molecule has 1 heterocycles. The lowest BCUT2D eigenvalue weighted by molar-refractivity contribution is 0.0735. The maximum atomic E-state index is 11.7. The van der Waals surface area contributed by atoms with Crippen molar-refractivity contribution < 1.29 is 9.53 Å². The normalized spacial score (nSPS) is 10.1. The Morgan fingerprint density at radius 2 is 2.06 bits per heavy atom. The summed E-state index contributed by atoms with van der Waals surface area (Å²) in [5.41, 5.74) is 6.04. The van der Waals surface area contributed by atoms with Crippen LogP contribution in [0.15, 0.2) is 40.2 Å². The number of carbonyl (C=O) groups is 1. The van der Waals surface area contributed by atoms with Gasteiger partial charge in [-0.1, -0.05) is 12.1 Å². The minimum Gasteiger partial charge on any atom is -0.422 e. The van der Waals surface area contributed by atoms with E-state index in [4.69, 9.17) is 10.5 Å². The van der Waals surface area contributed by atoms with Crippen LogP contribution in [0.4, 0.5) is 5.00 Å². The molecule has 0 saturated carbocycles. The van der Waals surface area contributed by atoms with Crippen LogP contribution in [0.1, 0.15) is 10.4 Å². The van der Waals surface area contributed by atoms with E-state index in [1.807, 2.05) is 6.07 Å². The monoisotopic (exact) mass is 297 g/mol. The Morgan fingerprint density at radius 1 is 1.31 bits per heavy atom. The van der Waals surface area contributed by atoms with Crippen molar-refractivity contribution in [2.75, 3.05) is 5.73 Å². The standard InChI is InChI=1S/C11H8BrNO2S/c12-8-3-1-2-4-9(8)15-11(14)7-5-6-16-10(7)13/h1-6H,13H2. The Bertz CT molecular complexity index is 524. The number of hydrogen-bond acceptors (Lipinski definition) is 4. The number of benzene rings is 1. The van der Waals surface area contributed by atoms with Crippen LogP contribution in [0.25, 0.3) is 0 Å². The van der Waals surface area contributed by atoms with E-state index in [0.29, 0.717) is 16.3 Å². The van der Waals surface area contributed by atoms with Crippen molar-refractivity contribution in [1.82, 2.24) is 0 Å². The van der Waals surface area contributed by atoms with E-state index in [9.17, 15) is 4.79 Å². The summed E-state index contributed by atoms with van der Waals surface area (Å²) >= 11 is 4.61. The number of para-hydroxylation sites is 1. The molecular weight excluding hydrogens is 290 g/mol. The number of carbonyl (C=O) groups excluding carboxylic acids is 1. The van der Waals surface area contributed by atoms with Crippen molar-refractivity contribution in [3.05, 3.63) is 45.7 Å². The molecule has 0 bridgehead atoms. The van der Waals surface area contributed by atoms with E-state index in [1.54, 1.807) is 29.6 Å². The first-order valence-corrected chi connectivity index (χ1v) is 6.15. The van der Waals surface area contributed by atoms with Crippen molar-refractivity contribution in [3.63, 3.8) is 0 Å². The molecule has 0 saturated heterocycles. The second kappa shape index (κ2) is 4.67. The number of anilines is 1. The van der Waals surface area contributed by atoms with Crippen LogP contribution in [0.3, 0.4) is 0 Å². The van der Waals surface area contributed by atoms with E-state index in [2.05, 4.69) is 15.9 Å². The van der Waals surface area contributed by atoms with Crippen molar-refractivity contribution in [2.45, 2.75) is 0 Å². The smallest absolute Gasteiger partial charge is 0.346 e. The first kappa shape index (κ1) is 11.2. The van der Waals surface area contributed by atoms with Gasteiger partial charge in [0, 0.05) is 0 Å². The Hall–Kier alpha value is -1.33. The molecule has 0 radical (unpaired) electrons. The third kappa shape index (κ3) is 2.25. The largest absolute Gasteiger partial charge is 0.422 e. The van der Waals surface area contributed by atoms with Gasteiger partial charge in [0.05, 0.1) is 10.0 Å². The molecule has 2 aromatic rings. The lowest BCUT2D eigenvalue weighted by atomic mass is 10.3. The van der Waals surface area contributed by atoms with Gasteiger partial charge in [0.2, 0.25) is 0 Å². The highest BCUT2D eigenvalue weighted by molar-refractivity contribution is 9.10. The summed E-state index contributed by atoms with van der Waals surface area (Å²) in [6.07, 6.45) is 0. The minimum absolute atomic E-state index is 0.403. The van der Waals surface area contributed by atoms with Crippen molar-refractivity contribution >= 4 is 38.2 Å². The molecule has 1 aromatic carbocycles. The van der Waals surface area contributed by atoms with Crippen LogP contribution in [0.2, 0.25) is 0 Å². The Kier molecular flexibility index (Phi) is 3.26. The van der Waals surface area contributed by atoms with Crippen LogP contribution < -0.4 is 10.5 Å². The molecule has 2 rings (SSSR count). The number of esters is 1. The average Bonchev–Trinajstić information content (AvgIpc) is 2.68. The molecule has 0 spiro atoms. The van der Waals surface area contributed by atoms with Crippen molar-refractivity contribution in [2.24, 2.45) is 0 Å². The molecule has 0 aliphatic heterocycles. The van der Waals surface area contributed by atoms with Gasteiger partial charge in [-0.3, -0.25) is 0 Å². The zero-order valence-corrected chi connectivity index (χ0v) is 10.5. The number of halogens is 1. The van der Waals surface area contributed by atoms with E-state index >= 15 is 0 Å². The molecule has 3 nitrogen and oxygen atoms in total. The van der Waals surface area contributed by atoms with Crippen molar-refractivity contribution in [1.29, 1.82) is 0 Å². The fraction of sp³-hybridized carbons (Fsp3) is 0. The Balaban J connectivity index is 2.21. The van der Waals surface area contributed by atoms with Gasteiger partial charge in [-0.15, -0.1) is 11.3 Å². The molecule has 0 aliphatic carbocycles. The summed E-state index contributed by atoms with van der Waals surface area (Å²) in [6, 6.07) is 8.81. The fourth-order valence-electron chi connectivity index (χ4n) is 1.17. The van der Waals surface area contributed by atoms with Gasteiger partial charge < -0.3 is 10.5 Å². The molecule has 1 aromatic heterocycles. The highest BCUT2D eigenvalue weighted by Gasteiger charge is 2.14. The molecule has 16 heavy (non-hydrogen) atoms. The van der Waals surface area contributed by atoms with Crippen molar-refractivity contribution in [3.8, 4) is 5.75 Å². The Morgan fingerprint density at radius 3 is 2.69 bits per heavy atom. The summed E-state index contributed by atoms with van der Waals surface area (Å²) in [5, 5.41) is 2.23. The molecule has 0 fully saturated rings. The second-order valence-corrected chi connectivity index (χ2v) is 4.82. The maximum Gasteiger partial charge on any atom is 0.346 e. The summed E-state index contributed by atoms with van der Waals surface area (Å²) in [5.74, 6) is 0.0451. The highest BCUT2D eigenvalue weighted by atomic mass is 79.9. The third-order valence-corrected chi connectivity index (χ3v) is 3.36. The number of nitrogens with two attached hydrogens (primary N) is 1.